The van der Waals surface area contributed by atoms with E-state index >= 15 is 0 Å². The Morgan fingerprint density at radius 3 is 2.71 bits per heavy atom. The minimum absolute atomic E-state index is 0.184. The quantitative estimate of drug-likeness (QED) is 0.730. The first-order valence-corrected chi connectivity index (χ1v) is 6.34. The molecular formula is C13H27N. The average molecular weight is 197 g/mol. The molecule has 0 spiro atoms. The molecule has 1 rings (SSSR count). The molecule has 1 fully saturated rings. The van der Waals surface area contributed by atoms with Gasteiger partial charge in [0.2, 0.25) is 0 Å². The van der Waals surface area contributed by atoms with E-state index < -0.39 is 0 Å². The molecule has 0 amide bonds. The standard InChI is InChI=1S/C13H27N/c1-4-12-6-5-8-13(14,10-12)9-7-11(2)3/h11-12H,4-10,14H2,1-3H3. The van der Waals surface area contributed by atoms with Gasteiger partial charge in [-0.15, -0.1) is 0 Å². The van der Waals surface area contributed by atoms with E-state index in [2.05, 4.69) is 20.8 Å². The molecule has 2 atom stereocenters. The van der Waals surface area contributed by atoms with Crippen LogP contribution >= 0.6 is 0 Å². The van der Waals surface area contributed by atoms with Crippen LogP contribution in [-0.2, 0) is 0 Å². The van der Waals surface area contributed by atoms with E-state index in [9.17, 15) is 0 Å². The first-order valence-electron chi connectivity index (χ1n) is 6.34. The van der Waals surface area contributed by atoms with Crippen molar-refractivity contribution in [3.05, 3.63) is 0 Å². The van der Waals surface area contributed by atoms with Gasteiger partial charge >= 0.3 is 0 Å². The van der Waals surface area contributed by atoms with E-state index in [-0.39, 0.29) is 5.54 Å². The second kappa shape index (κ2) is 5.16. The van der Waals surface area contributed by atoms with Crippen LogP contribution in [0, 0.1) is 11.8 Å². The molecule has 0 radical (unpaired) electrons. The Morgan fingerprint density at radius 2 is 2.14 bits per heavy atom. The number of hydrogen-bond donors (Lipinski definition) is 1. The van der Waals surface area contributed by atoms with Crippen molar-refractivity contribution >= 4 is 0 Å². The summed E-state index contributed by atoms with van der Waals surface area (Å²) in [5.41, 5.74) is 6.66. The van der Waals surface area contributed by atoms with Gasteiger partial charge in [0.1, 0.15) is 0 Å². The van der Waals surface area contributed by atoms with Gasteiger partial charge in [-0.25, -0.2) is 0 Å². The average Bonchev–Trinajstić information content (AvgIpc) is 2.15. The molecule has 0 aromatic carbocycles. The molecule has 0 aliphatic heterocycles. The highest BCUT2D eigenvalue weighted by Gasteiger charge is 2.31. The number of nitrogens with two attached hydrogens (primary N) is 1. The van der Waals surface area contributed by atoms with E-state index in [1.54, 1.807) is 0 Å². The van der Waals surface area contributed by atoms with Crippen LogP contribution in [0.25, 0.3) is 0 Å². The van der Waals surface area contributed by atoms with E-state index in [0.29, 0.717) is 0 Å². The Morgan fingerprint density at radius 1 is 1.43 bits per heavy atom. The lowest BCUT2D eigenvalue weighted by atomic mass is 9.72. The van der Waals surface area contributed by atoms with Crippen molar-refractivity contribution in [3.8, 4) is 0 Å². The molecule has 0 aromatic rings. The second-order valence-corrected chi connectivity index (χ2v) is 5.67. The highest BCUT2D eigenvalue weighted by atomic mass is 14.7. The zero-order valence-corrected chi connectivity index (χ0v) is 10.2. The van der Waals surface area contributed by atoms with E-state index in [1.165, 1.54) is 44.9 Å². The summed E-state index contributed by atoms with van der Waals surface area (Å²) >= 11 is 0. The van der Waals surface area contributed by atoms with Crippen LogP contribution in [0.2, 0.25) is 0 Å². The molecule has 0 saturated heterocycles. The molecule has 2 N–H and O–H groups in total. The summed E-state index contributed by atoms with van der Waals surface area (Å²) in [7, 11) is 0. The van der Waals surface area contributed by atoms with Gasteiger partial charge in [0.15, 0.2) is 0 Å². The Hall–Kier alpha value is -0.0400. The molecule has 84 valence electrons. The van der Waals surface area contributed by atoms with Crippen LogP contribution in [0.4, 0.5) is 0 Å². The zero-order valence-electron chi connectivity index (χ0n) is 10.2. The molecule has 14 heavy (non-hydrogen) atoms. The molecule has 1 heteroatoms. The molecule has 0 heterocycles. The van der Waals surface area contributed by atoms with Crippen LogP contribution in [0.15, 0.2) is 0 Å². The normalized spacial score (nSPS) is 33.6. The fraction of sp³-hybridized carbons (Fsp3) is 1.00. The van der Waals surface area contributed by atoms with Crippen LogP contribution in [0.5, 0.6) is 0 Å². The zero-order chi connectivity index (χ0) is 10.6. The highest BCUT2D eigenvalue weighted by Crippen LogP contribution is 2.35. The lowest BCUT2D eigenvalue weighted by molar-refractivity contribution is 0.199. The molecule has 0 bridgehead atoms. The molecule has 1 aliphatic carbocycles. The van der Waals surface area contributed by atoms with Gasteiger partial charge in [0.05, 0.1) is 0 Å². The summed E-state index contributed by atoms with van der Waals surface area (Å²) in [6.45, 7) is 6.89. The second-order valence-electron chi connectivity index (χ2n) is 5.67. The summed E-state index contributed by atoms with van der Waals surface area (Å²) in [5, 5.41) is 0. The molecule has 1 nitrogen and oxygen atoms in total. The Balaban J connectivity index is 2.38. The van der Waals surface area contributed by atoms with Gasteiger partial charge in [-0.05, 0) is 37.5 Å². The van der Waals surface area contributed by atoms with Crippen LogP contribution < -0.4 is 5.73 Å². The number of rotatable bonds is 4. The largest absolute Gasteiger partial charge is 0.325 e. The van der Waals surface area contributed by atoms with E-state index in [1.807, 2.05) is 0 Å². The fourth-order valence-electron chi connectivity index (χ4n) is 2.67. The van der Waals surface area contributed by atoms with Crippen LogP contribution in [-0.4, -0.2) is 5.54 Å². The van der Waals surface area contributed by atoms with Gasteiger partial charge in [-0.3, -0.25) is 0 Å². The maximum atomic E-state index is 6.47. The Kier molecular flexibility index (Phi) is 4.43. The minimum Gasteiger partial charge on any atom is -0.325 e. The lowest BCUT2D eigenvalue weighted by Crippen LogP contribution is -2.44. The van der Waals surface area contributed by atoms with Crippen LogP contribution in [0.1, 0.15) is 65.7 Å². The maximum absolute atomic E-state index is 6.47. The molecule has 0 aromatic heterocycles. The third-order valence-electron chi connectivity index (χ3n) is 3.78. The molecule has 1 aliphatic rings. The molecular weight excluding hydrogens is 170 g/mol. The summed E-state index contributed by atoms with van der Waals surface area (Å²) < 4.78 is 0. The van der Waals surface area contributed by atoms with Crippen molar-refractivity contribution in [2.75, 3.05) is 0 Å². The van der Waals surface area contributed by atoms with Crippen molar-refractivity contribution < 1.29 is 0 Å². The summed E-state index contributed by atoms with van der Waals surface area (Å²) in [4.78, 5) is 0. The third-order valence-corrected chi connectivity index (χ3v) is 3.78. The Bertz CT molecular complexity index is 165. The van der Waals surface area contributed by atoms with Gasteiger partial charge in [-0.2, -0.15) is 0 Å². The first-order chi connectivity index (χ1) is 6.56. The maximum Gasteiger partial charge on any atom is 0.0157 e. The first kappa shape index (κ1) is 12.0. The molecule has 1 saturated carbocycles. The lowest BCUT2D eigenvalue weighted by Gasteiger charge is -2.38. The van der Waals surface area contributed by atoms with Gasteiger partial charge in [0.25, 0.3) is 0 Å². The third kappa shape index (κ3) is 3.61. The van der Waals surface area contributed by atoms with Crippen molar-refractivity contribution in [3.63, 3.8) is 0 Å². The highest BCUT2D eigenvalue weighted by molar-refractivity contribution is 4.90. The van der Waals surface area contributed by atoms with Crippen molar-refractivity contribution in [1.82, 2.24) is 0 Å². The summed E-state index contributed by atoms with van der Waals surface area (Å²) in [6.07, 6.45) is 9.16. The Labute approximate surface area is 89.5 Å². The van der Waals surface area contributed by atoms with Gasteiger partial charge < -0.3 is 5.73 Å². The van der Waals surface area contributed by atoms with Crippen molar-refractivity contribution in [1.29, 1.82) is 0 Å². The molecule has 2 unspecified atom stereocenters. The van der Waals surface area contributed by atoms with Crippen molar-refractivity contribution in [2.45, 2.75) is 71.3 Å². The fourth-order valence-corrected chi connectivity index (χ4v) is 2.67. The van der Waals surface area contributed by atoms with Crippen molar-refractivity contribution in [2.24, 2.45) is 17.6 Å². The SMILES string of the molecule is CCC1CCCC(N)(CCC(C)C)C1. The minimum atomic E-state index is 0.184. The van der Waals surface area contributed by atoms with E-state index in [4.69, 9.17) is 5.73 Å². The number of hydrogen-bond acceptors (Lipinski definition) is 1. The summed E-state index contributed by atoms with van der Waals surface area (Å²) in [5.74, 6) is 1.71. The van der Waals surface area contributed by atoms with Gasteiger partial charge in [-0.1, -0.05) is 40.0 Å². The predicted octanol–water partition coefficient (Wildman–Crippen LogP) is 3.72. The van der Waals surface area contributed by atoms with E-state index in [0.717, 1.165) is 11.8 Å². The van der Waals surface area contributed by atoms with Gasteiger partial charge in [0, 0.05) is 5.54 Å². The predicted molar refractivity (Wildman–Crippen MR) is 63.2 cm³/mol. The topological polar surface area (TPSA) is 26.0 Å². The summed E-state index contributed by atoms with van der Waals surface area (Å²) in [6, 6.07) is 0. The monoisotopic (exact) mass is 197 g/mol. The van der Waals surface area contributed by atoms with Crippen LogP contribution in [0.3, 0.4) is 0 Å². The smallest absolute Gasteiger partial charge is 0.0157 e.